The average molecular weight is 390 g/mol. The molecular formula is C20H23FN2O3S. The first-order valence-corrected chi connectivity index (χ1v) is 10.7. The minimum absolute atomic E-state index is 0.146. The van der Waals surface area contributed by atoms with Crippen LogP contribution in [-0.4, -0.2) is 33.2 Å². The van der Waals surface area contributed by atoms with Crippen LogP contribution in [0.1, 0.15) is 35.2 Å². The number of amides is 1. The maximum absolute atomic E-state index is 12.9. The highest BCUT2D eigenvalue weighted by Gasteiger charge is 2.26. The van der Waals surface area contributed by atoms with E-state index in [2.05, 4.69) is 5.32 Å². The van der Waals surface area contributed by atoms with Gasteiger partial charge in [0.1, 0.15) is 5.82 Å². The van der Waals surface area contributed by atoms with Crippen LogP contribution in [0.15, 0.2) is 48.5 Å². The molecule has 3 rings (SSSR count). The van der Waals surface area contributed by atoms with Crippen LogP contribution in [0.4, 0.5) is 10.1 Å². The second kappa shape index (κ2) is 8.52. The topological polar surface area (TPSA) is 66.5 Å². The molecule has 1 heterocycles. The van der Waals surface area contributed by atoms with Gasteiger partial charge >= 0.3 is 0 Å². The molecule has 0 aliphatic carbocycles. The van der Waals surface area contributed by atoms with Gasteiger partial charge in [0.2, 0.25) is 10.0 Å². The smallest absolute Gasteiger partial charge is 0.251 e. The minimum Gasteiger partial charge on any atom is -0.352 e. The molecule has 1 aliphatic heterocycles. The first-order chi connectivity index (χ1) is 13.0. The Labute approximate surface area is 159 Å². The summed E-state index contributed by atoms with van der Waals surface area (Å²) >= 11 is 0. The van der Waals surface area contributed by atoms with E-state index < -0.39 is 10.0 Å². The predicted molar refractivity (Wildman–Crippen MR) is 104 cm³/mol. The summed E-state index contributed by atoms with van der Waals surface area (Å²) in [5, 5.41) is 2.85. The molecule has 1 saturated heterocycles. The van der Waals surface area contributed by atoms with Crippen LogP contribution in [-0.2, 0) is 16.4 Å². The second-order valence-corrected chi connectivity index (χ2v) is 8.64. The molecular weight excluding hydrogens is 367 g/mol. The molecule has 0 saturated carbocycles. The van der Waals surface area contributed by atoms with Crippen molar-refractivity contribution in [3.8, 4) is 0 Å². The van der Waals surface area contributed by atoms with Gasteiger partial charge in [-0.3, -0.25) is 9.10 Å². The van der Waals surface area contributed by atoms with Crippen molar-refractivity contribution in [2.45, 2.75) is 25.7 Å². The van der Waals surface area contributed by atoms with Gasteiger partial charge in [-0.2, -0.15) is 0 Å². The van der Waals surface area contributed by atoms with Gasteiger partial charge in [0, 0.05) is 18.7 Å². The molecule has 1 aliphatic rings. The summed E-state index contributed by atoms with van der Waals surface area (Å²) in [6, 6.07) is 13.0. The fraction of sp³-hybridized carbons (Fsp3) is 0.350. The quantitative estimate of drug-likeness (QED) is 0.771. The van der Waals surface area contributed by atoms with Crippen LogP contribution in [0.2, 0.25) is 0 Å². The summed E-state index contributed by atoms with van der Waals surface area (Å²) < 4.78 is 38.7. The third-order valence-corrected chi connectivity index (χ3v) is 6.46. The first-order valence-electron chi connectivity index (χ1n) is 9.09. The lowest BCUT2D eigenvalue weighted by atomic mass is 10.1. The summed E-state index contributed by atoms with van der Waals surface area (Å²) in [6.07, 6.45) is 2.97. The van der Waals surface area contributed by atoms with Crippen LogP contribution in [0.5, 0.6) is 0 Å². The third-order valence-electron chi connectivity index (χ3n) is 4.59. The fourth-order valence-electron chi connectivity index (χ4n) is 3.13. The molecule has 0 bridgehead atoms. The van der Waals surface area contributed by atoms with Crippen molar-refractivity contribution < 1.29 is 17.6 Å². The molecule has 5 nitrogen and oxygen atoms in total. The normalized spacial score (nSPS) is 16.1. The maximum atomic E-state index is 12.9. The van der Waals surface area contributed by atoms with Gasteiger partial charge in [-0.1, -0.05) is 18.2 Å². The third kappa shape index (κ3) is 5.07. The largest absolute Gasteiger partial charge is 0.352 e. The molecule has 0 spiro atoms. The molecule has 0 unspecified atom stereocenters. The summed E-state index contributed by atoms with van der Waals surface area (Å²) in [4.78, 5) is 12.4. The van der Waals surface area contributed by atoms with Crippen molar-refractivity contribution in [2.24, 2.45) is 0 Å². The Morgan fingerprint density at radius 2 is 1.89 bits per heavy atom. The van der Waals surface area contributed by atoms with Crippen molar-refractivity contribution in [1.82, 2.24) is 5.32 Å². The van der Waals surface area contributed by atoms with Crippen LogP contribution < -0.4 is 9.62 Å². The number of carbonyl (C=O) groups excluding carboxylic acids is 1. The number of benzene rings is 2. The van der Waals surface area contributed by atoms with Crippen molar-refractivity contribution in [3.05, 3.63) is 65.5 Å². The van der Waals surface area contributed by atoms with E-state index >= 15 is 0 Å². The predicted octanol–water partition coefficient (Wildman–Crippen LogP) is 3.12. The number of sulfonamides is 1. The van der Waals surface area contributed by atoms with Crippen molar-refractivity contribution in [3.63, 3.8) is 0 Å². The van der Waals surface area contributed by atoms with E-state index in [0.717, 1.165) is 24.8 Å². The molecule has 2 aromatic rings. The zero-order valence-electron chi connectivity index (χ0n) is 15.0. The van der Waals surface area contributed by atoms with Gasteiger partial charge in [0.15, 0.2) is 0 Å². The molecule has 144 valence electrons. The number of carbonyl (C=O) groups is 1. The number of nitrogens with zero attached hydrogens (tertiary/aromatic N) is 1. The summed E-state index contributed by atoms with van der Waals surface area (Å²) in [6.45, 7) is 0.938. The number of hydrogen-bond acceptors (Lipinski definition) is 3. The van der Waals surface area contributed by atoms with E-state index in [1.54, 1.807) is 36.4 Å². The summed E-state index contributed by atoms with van der Waals surface area (Å²) in [7, 11) is -3.30. The molecule has 7 heteroatoms. The highest BCUT2D eigenvalue weighted by molar-refractivity contribution is 7.92. The van der Waals surface area contributed by atoms with Crippen LogP contribution in [0.3, 0.4) is 0 Å². The second-order valence-electron chi connectivity index (χ2n) is 6.63. The lowest BCUT2D eigenvalue weighted by Gasteiger charge is -2.28. The SMILES string of the molecule is O=C(NCCCc1ccc(F)cc1)c1cccc(N2CCCCS2(=O)=O)c1. The van der Waals surface area contributed by atoms with Gasteiger partial charge in [0.25, 0.3) is 5.91 Å². The van der Waals surface area contributed by atoms with Crippen molar-refractivity contribution in [2.75, 3.05) is 23.1 Å². The number of halogens is 1. The molecule has 1 N–H and O–H groups in total. The molecule has 27 heavy (non-hydrogen) atoms. The number of anilines is 1. The van der Waals surface area contributed by atoms with Crippen molar-refractivity contribution >= 4 is 21.6 Å². The van der Waals surface area contributed by atoms with Gasteiger partial charge in [-0.15, -0.1) is 0 Å². The van der Waals surface area contributed by atoms with E-state index in [9.17, 15) is 17.6 Å². The monoisotopic (exact) mass is 390 g/mol. The molecule has 2 aromatic carbocycles. The Morgan fingerprint density at radius 1 is 1.11 bits per heavy atom. The van der Waals surface area contributed by atoms with Crippen molar-refractivity contribution in [1.29, 1.82) is 0 Å². The van der Waals surface area contributed by atoms with E-state index in [0.29, 0.717) is 30.8 Å². The highest BCUT2D eigenvalue weighted by Crippen LogP contribution is 2.24. The van der Waals surface area contributed by atoms with Gasteiger partial charge in [-0.25, -0.2) is 12.8 Å². The Morgan fingerprint density at radius 3 is 2.63 bits per heavy atom. The van der Waals surface area contributed by atoms with Gasteiger partial charge in [0.05, 0.1) is 11.4 Å². The van der Waals surface area contributed by atoms with E-state index in [4.69, 9.17) is 0 Å². The molecule has 0 atom stereocenters. The number of nitrogens with one attached hydrogen (secondary N) is 1. The van der Waals surface area contributed by atoms with Crippen LogP contribution >= 0.6 is 0 Å². The Hall–Kier alpha value is -2.41. The maximum Gasteiger partial charge on any atom is 0.251 e. The number of hydrogen-bond donors (Lipinski definition) is 1. The van der Waals surface area contributed by atoms with Crippen LogP contribution in [0.25, 0.3) is 0 Å². The van der Waals surface area contributed by atoms with Crippen LogP contribution in [0, 0.1) is 5.82 Å². The zero-order chi connectivity index (χ0) is 19.3. The Bertz CT molecular complexity index is 898. The fourth-order valence-corrected chi connectivity index (χ4v) is 4.76. The van der Waals surface area contributed by atoms with E-state index in [1.807, 2.05) is 0 Å². The molecule has 1 amide bonds. The van der Waals surface area contributed by atoms with E-state index in [-0.39, 0.29) is 17.5 Å². The molecule has 0 aromatic heterocycles. The lowest BCUT2D eigenvalue weighted by Crippen LogP contribution is -2.38. The zero-order valence-corrected chi connectivity index (χ0v) is 15.8. The molecule has 1 fully saturated rings. The highest BCUT2D eigenvalue weighted by atomic mass is 32.2. The first kappa shape index (κ1) is 19.4. The number of rotatable bonds is 6. The summed E-state index contributed by atoms with van der Waals surface area (Å²) in [5.74, 6) is -0.347. The van der Waals surface area contributed by atoms with Gasteiger partial charge in [-0.05, 0) is 61.6 Å². The molecule has 0 radical (unpaired) electrons. The standard InChI is InChI=1S/C20H23FN2O3S/c21-18-10-8-16(9-11-18)5-4-12-22-20(24)17-6-3-7-19(15-17)23-13-1-2-14-27(23,25)26/h3,6-11,15H,1-2,4-5,12-14H2,(H,22,24). The minimum atomic E-state index is -3.30. The summed E-state index contributed by atoms with van der Waals surface area (Å²) in [5.41, 5.74) is 1.99. The average Bonchev–Trinajstić information content (AvgIpc) is 2.66. The Kier molecular flexibility index (Phi) is 6.11. The Balaban J connectivity index is 1.56. The lowest BCUT2D eigenvalue weighted by molar-refractivity contribution is 0.0953. The number of aryl methyl sites for hydroxylation is 1. The van der Waals surface area contributed by atoms with Gasteiger partial charge < -0.3 is 5.32 Å². The van der Waals surface area contributed by atoms with E-state index in [1.165, 1.54) is 16.4 Å².